The first-order valence-electron chi connectivity index (χ1n) is 10.1. The molecule has 6 rings (SSSR count). The molecular formula is C27H17N3O. The lowest BCUT2D eigenvalue weighted by Crippen LogP contribution is -1.89. The first-order valence-corrected chi connectivity index (χ1v) is 10.1. The van der Waals surface area contributed by atoms with Gasteiger partial charge in [0.05, 0.1) is 11.4 Å². The van der Waals surface area contributed by atoms with Crippen molar-refractivity contribution in [3.63, 3.8) is 0 Å². The molecule has 0 amide bonds. The normalized spacial score (nSPS) is 11.2. The molecule has 0 unspecified atom stereocenters. The van der Waals surface area contributed by atoms with Crippen LogP contribution in [0.25, 0.3) is 55.6 Å². The zero-order chi connectivity index (χ0) is 20.6. The molecule has 0 saturated heterocycles. The van der Waals surface area contributed by atoms with Crippen molar-refractivity contribution in [1.82, 2.24) is 15.0 Å². The first kappa shape index (κ1) is 17.5. The number of furan rings is 1. The van der Waals surface area contributed by atoms with E-state index in [-0.39, 0.29) is 0 Å². The summed E-state index contributed by atoms with van der Waals surface area (Å²) >= 11 is 0. The summed E-state index contributed by atoms with van der Waals surface area (Å²) < 4.78 is 5.95. The summed E-state index contributed by atoms with van der Waals surface area (Å²) in [5, 5.41) is 2.20. The minimum atomic E-state index is 0.880. The molecule has 3 heterocycles. The van der Waals surface area contributed by atoms with E-state index in [4.69, 9.17) is 4.42 Å². The largest absolute Gasteiger partial charge is 0.456 e. The lowest BCUT2D eigenvalue weighted by atomic mass is 10.0. The van der Waals surface area contributed by atoms with Crippen LogP contribution in [-0.4, -0.2) is 15.0 Å². The van der Waals surface area contributed by atoms with Crippen molar-refractivity contribution in [1.29, 1.82) is 0 Å². The molecule has 146 valence electrons. The van der Waals surface area contributed by atoms with E-state index in [9.17, 15) is 0 Å². The Bertz CT molecular complexity index is 1520. The van der Waals surface area contributed by atoms with E-state index < -0.39 is 0 Å². The van der Waals surface area contributed by atoms with Gasteiger partial charge in [0.1, 0.15) is 17.5 Å². The van der Waals surface area contributed by atoms with Gasteiger partial charge in [-0.2, -0.15) is 0 Å². The number of nitrogens with zero attached hydrogens (tertiary/aromatic N) is 3. The Kier molecular flexibility index (Phi) is 4.06. The van der Waals surface area contributed by atoms with Crippen molar-refractivity contribution in [2.75, 3.05) is 0 Å². The molecule has 0 N–H and O–H groups in total. The highest BCUT2D eigenvalue weighted by molar-refractivity contribution is 6.06. The van der Waals surface area contributed by atoms with Crippen molar-refractivity contribution in [2.45, 2.75) is 0 Å². The summed E-state index contributed by atoms with van der Waals surface area (Å²) in [4.78, 5) is 13.2. The van der Waals surface area contributed by atoms with Crippen LogP contribution in [0.5, 0.6) is 0 Å². The quantitative estimate of drug-likeness (QED) is 0.329. The van der Waals surface area contributed by atoms with Crippen molar-refractivity contribution in [3.05, 3.63) is 104 Å². The molecule has 0 saturated carbocycles. The molecule has 4 nitrogen and oxygen atoms in total. The number of hydrogen-bond donors (Lipinski definition) is 0. The maximum atomic E-state index is 5.95. The maximum absolute atomic E-state index is 5.95. The Morgan fingerprint density at radius 3 is 2.13 bits per heavy atom. The van der Waals surface area contributed by atoms with E-state index in [0.717, 1.165) is 55.6 Å². The Balaban J connectivity index is 1.38. The Labute approximate surface area is 178 Å². The third-order valence-electron chi connectivity index (χ3n) is 5.52. The predicted octanol–water partition coefficient (Wildman–Crippen LogP) is 6.77. The van der Waals surface area contributed by atoms with Crippen molar-refractivity contribution >= 4 is 21.9 Å². The zero-order valence-electron chi connectivity index (χ0n) is 16.6. The van der Waals surface area contributed by atoms with Gasteiger partial charge in [0, 0.05) is 34.3 Å². The Hall–Kier alpha value is -4.31. The molecule has 0 fully saturated rings. The number of fused-ring (bicyclic) bond motifs is 3. The highest BCUT2D eigenvalue weighted by atomic mass is 16.3. The third kappa shape index (κ3) is 3.15. The fourth-order valence-corrected chi connectivity index (χ4v) is 3.93. The van der Waals surface area contributed by atoms with Crippen LogP contribution < -0.4 is 0 Å². The van der Waals surface area contributed by atoms with Crippen molar-refractivity contribution in [3.8, 4) is 33.6 Å². The fraction of sp³-hybridized carbons (Fsp3) is 0. The van der Waals surface area contributed by atoms with Gasteiger partial charge in [0.15, 0.2) is 0 Å². The second kappa shape index (κ2) is 7.18. The van der Waals surface area contributed by atoms with Crippen LogP contribution in [0, 0.1) is 0 Å². The van der Waals surface area contributed by atoms with Gasteiger partial charge < -0.3 is 4.42 Å². The molecule has 3 aromatic heterocycles. The van der Waals surface area contributed by atoms with Gasteiger partial charge >= 0.3 is 0 Å². The van der Waals surface area contributed by atoms with Gasteiger partial charge in [0.25, 0.3) is 0 Å². The number of benzene rings is 3. The average molecular weight is 399 g/mol. The maximum Gasteiger partial charge on any atom is 0.135 e. The molecule has 0 atom stereocenters. The molecule has 0 aliphatic rings. The van der Waals surface area contributed by atoms with Crippen LogP contribution in [-0.2, 0) is 0 Å². The Morgan fingerprint density at radius 1 is 0.548 bits per heavy atom. The second-order valence-corrected chi connectivity index (χ2v) is 7.42. The van der Waals surface area contributed by atoms with Gasteiger partial charge in [-0.05, 0) is 47.5 Å². The van der Waals surface area contributed by atoms with Crippen LogP contribution in [0.1, 0.15) is 0 Å². The monoisotopic (exact) mass is 399 g/mol. The molecular weight excluding hydrogens is 382 g/mol. The fourth-order valence-electron chi connectivity index (χ4n) is 3.93. The van der Waals surface area contributed by atoms with Crippen LogP contribution in [0.3, 0.4) is 0 Å². The van der Waals surface area contributed by atoms with Gasteiger partial charge in [-0.15, -0.1) is 0 Å². The topological polar surface area (TPSA) is 51.8 Å². The minimum absolute atomic E-state index is 0.880. The second-order valence-electron chi connectivity index (χ2n) is 7.42. The summed E-state index contributed by atoms with van der Waals surface area (Å²) in [6, 6.07) is 28.7. The molecule has 31 heavy (non-hydrogen) atoms. The molecule has 4 heteroatoms. The van der Waals surface area contributed by atoms with Gasteiger partial charge in [0.2, 0.25) is 0 Å². The van der Waals surface area contributed by atoms with E-state index in [0.29, 0.717) is 0 Å². The first-order chi connectivity index (χ1) is 15.3. The van der Waals surface area contributed by atoms with Gasteiger partial charge in [-0.3, -0.25) is 4.98 Å². The van der Waals surface area contributed by atoms with E-state index >= 15 is 0 Å². The van der Waals surface area contributed by atoms with E-state index in [1.807, 2.05) is 48.7 Å². The van der Waals surface area contributed by atoms with Crippen LogP contribution in [0.15, 0.2) is 108 Å². The highest BCUT2D eigenvalue weighted by Crippen LogP contribution is 2.32. The molecule has 0 spiro atoms. The Morgan fingerprint density at radius 2 is 1.29 bits per heavy atom. The molecule has 3 aromatic carbocycles. The minimum Gasteiger partial charge on any atom is -0.456 e. The number of hydrogen-bond acceptors (Lipinski definition) is 4. The van der Waals surface area contributed by atoms with Gasteiger partial charge in [-0.25, -0.2) is 9.97 Å². The third-order valence-corrected chi connectivity index (χ3v) is 5.52. The zero-order valence-corrected chi connectivity index (χ0v) is 16.6. The number of aromatic nitrogens is 3. The van der Waals surface area contributed by atoms with Gasteiger partial charge in [-0.1, -0.05) is 48.5 Å². The summed E-state index contributed by atoms with van der Waals surface area (Å²) in [7, 11) is 0. The lowest BCUT2D eigenvalue weighted by Gasteiger charge is -2.06. The lowest BCUT2D eigenvalue weighted by molar-refractivity contribution is 0.669. The standard InChI is InChI=1S/C27H17N3O/c1-2-6-26-22(5-1)23-14-20(11-12-27(23)31-26)25-15-24(29-17-30-25)19-9-7-18(8-10-19)21-4-3-13-28-16-21/h1-17H. The highest BCUT2D eigenvalue weighted by Gasteiger charge is 2.10. The van der Waals surface area contributed by atoms with Crippen molar-refractivity contribution in [2.24, 2.45) is 0 Å². The molecule has 0 bridgehead atoms. The SMILES string of the molecule is c1cncc(-c2ccc(-c3cc(-c4ccc5oc6ccccc6c5c4)ncn3)cc2)c1. The van der Waals surface area contributed by atoms with Crippen LogP contribution in [0.4, 0.5) is 0 Å². The van der Waals surface area contributed by atoms with E-state index in [2.05, 4.69) is 57.4 Å². The number of rotatable bonds is 3. The number of para-hydroxylation sites is 1. The summed E-state index contributed by atoms with van der Waals surface area (Å²) in [5.74, 6) is 0. The van der Waals surface area contributed by atoms with Crippen LogP contribution >= 0.6 is 0 Å². The van der Waals surface area contributed by atoms with Crippen molar-refractivity contribution < 1.29 is 4.42 Å². The molecule has 6 aromatic rings. The summed E-state index contributed by atoms with van der Waals surface area (Å²) in [6.45, 7) is 0. The summed E-state index contributed by atoms with van der Waals surface area (Å²) in [5.41, 5.74) is 7.85. The smallest absolute Gasteiger partial charge is 0.135 e. The summed E-state index contributed by atoms with van der Waals surface area (Å²) in [6.07, 6.45) is 5.27. The van der Waals surface area contributed by atoms with E-state index in [1.54, 1.807) is 12.5 Å². The molecule has 0 radical (unpaired) electrons. The molecule has 0 aliphatic heterocycles. The molecule has 0 aliphatic carbocycles. The number of pyridine rings is 1. The predicted molar refractivity (Wildman–Crippen MR) is 123 cm³/mol. The van der Waals surface area contributed by atoms with Crippen LogP contribution in [0.2, 0.25) is 0 Å². The average Bonchev–Trinajstić information content (AvgIpc) is 3.23. The van der Waals surface area contributed by atoms with E-state index in [1.165, 1.54) is 0 Å².